The number of rotatable bonds is 7. The predicted molar refractivity (Wildman–Crippen MR) is 105 cm³/mol. The van der Waals surface area contributed by atoms with Crippen LogP contribution < -0.4 is 14.8 Å². The number of carbonyl (C=O) groups excluding carboxylic acids is 1. The van der Waals surface area contributed by atoms with E-state index in [9.17, 15) is 4.79 Å². The molecule has 2 aromatic carbocycles. The first kappa shape index (κ1) is 17.9. The maximum atomic E-state index is 12.8. The van der Waals surface area contributed by atoms with Gasteiger partial charge in [0, 0.05) is 36.0 Å². The summed E-state index contributed by atoms with van der Waals surface area (Å²) < 4.78 is 10.6. The summed E-state index contributed by atoms with van der Waals surface area (Å²) in [6.07, 6.45) is 4.55. The first-order valence-corrected chi connectivity index (χ1v) is 9.54. The van der Waals surface area contributed by atoms with Gasteiger partial charge in [-0.05, 0) is 36.8 Å². The van der Waals surface area contributed by atoms with Crippen molar-refractivity contribution in [2.75, 3.05) is 26.1 Å². The fourth-order valence-corrected chi connectivity index (χ4v) is 4.03. The average molecular weight is 366 g/mol. The van der Waals surface area contributed by atoms with Crippen molar-refractivity contribution < 1.29 is 14.3 Å². The van der Waals surface area contributed by atoms with E-state index < -0.39 is 0 Å². The summed E-state index contributed by atoms with van der Waals surface area (Å²) in [5, 5.41) is 3.01. The van der Waals surface area contributed by atoms with Crippen molar-refractivity contribution >= 4 is 11.6 Å². The van der Waals surface area contributed by atoms with E-state index in [-0.39, 0.29) is 5.91 Å². The van der Waals surface area contributed by atoms with Crippen LogP contribution in [0.5, 0.6) is 11.5 Å². The van der Waals surface area contributed by atoms with E-state index in [0.29, 0.717) is 35.8 Å². The molecule has 2 aromatic rings. The number of methoxy groups -OCH3 is 2. The van der Waals surface area contributed by atoms with E-state index in [1.54, 1.807) is 20.3 Å². The lowest BCUT2D eigenvalue weighted by Crippen LogP contribution is -2.37. The smallest absolute Gasteiger partial charge is 0.238 e. The highest BCUT2D eigenvalue weighted by Crippen LogP contribution is 2.41. The second-order valence-electron chi connectivity index (χ2n) is 7.31. The van der Waals surface area contributed by atoms with E-state index in [0.717, 1.165) is 12.8 Å². The molecule has 0 saturated heterocycles. The maximum absolute atomic E-state index is 12.8. The normalized spacial score (nSPS) is 18.3. The lowest BCUT2D eigenvalue weighted by atomic mass is 10.1. The van der Waals surface area contributed by atoms with Gasteiger partial charge in [0.25, 0.3) is 0 Å². The number of anilines is 1. The molecule has 2 aliphatic carbocycles. The standard InChI is InChI=1S/C22H26N2O3/c1-26-18-11-16(12-19(13-18)27-2)23-22(25)14-24(17-8-9-17)21-10-7-15-5-3-4-6-20(15)21/h3-6,11-13,17,21H,7-10,14H2,1-2H3,(H,23,25)/t21-/m1/s1. The van der Waals surface area contributed by atoms with Gasteiger partial charge in [-0.25, -0.2) is 0 Å². The first-order valence-electron chi connectivity index (χ1n) is 9.54. The number of fused-ring (bicyclic) bond motifs is 1. The van der Waals surface area contributed by atoms with Gasteiger partial charge >= 0.3 is 0 Å². The van der Waals surface area contributed by atoms with Crippen LogP contribution in [-0.2, 0) is 11.2 Å². The molecule has 0 spiro atoms. The van der Waals surface area contributed by atoms with Gasteiger partial charge in [0.15, 0.2) is 0 Å². The summed E-state index contributed by atoms with van der Waals surface area (Å²) in [6, 6.07) is 14.9. The van der Waals surface area contributed by atoms with Gasteiger partial charge in [0.1, 0.15) is 11.5 Å². The molecule has 1 fully saturated rings. The summed E-state index contributed by atoms with van der Waals surface area (Å²) in [5.74, 6) is 1.32. The molecule has 1 atom stereocenters. The monoisotopic (exact) mass is 366 g/mol. The molecular weight excluding hydrogens is 340 g/mol. The lowest BCUT2D eigenvalue weighted by molar-refractivity contribution is -0.118. The number of hydrogen-bond donors (Lipinski definition) is 1. The SMILES string of the molecule is COc1cc(NC(=O)CN(C2CC2)[C@@H]2CCc3ccccc32)cc(OC)c1. The van der Waals surface area contributed by atoms with Crippen molar-refractivity contribution in [2.45, 2.75) is 37.8 Å². The van der Waals surface area contributed by atoms with Crippen LogP contribution in [0, 0.1) is 0 Å². The predicted octanol–water partition coefficient (Wildman–Crippen LogP) is 3.79. The van der Waals surface area contributed by atoms with Crippen LogP contribution >= 0.6 is 0 Å². The molecule has 0 aromatic heterocycles. The number of carbonyl (C=O) groups is 1. The number of ether oxygens (including phenoxy) is 2. The molecule has 0 aliphatic heterocycles. The summed E-state index contributed by atoms with van der Waals surface area (Å²) >= 11 is 0. The molecule has 1 N–H and O–H groups in total. The Morgan fingerprint density at radius 3 is 2.44 bits per heavy atom. The van der Waals surface area contributed by atoms with Crippen molar-refractivity contribution in [3.63, 3.8) is 0 Å². The number of aryl methyl sites for hydroxylation is 1. The van der Waals surface area contributed by atoms with Crippen molar-refractivity contribution in [2.24, 2.45) is 0 Å². The molecule has 0 radical (unpaired) electrons. The summed E-state index contributed by atoms with van der Waals surface area (Å²) in [6.45, 7) is 0.406. The van der Waals surface area contributed by atoms with Crippen LogP contribution in [0.3, 0.4) is 0 Å². The minimum Gasteiger partial charge on any atom is -0.497 e. The van der Waals surface area contributed by atoms with Crippen LogP contribution in [0.25, 0.3) is 0 Å². The number of hydrogen-bond acceptors (Lipinski definition) is 4. The molecule has 142 valence electrons. The highest BCUT2D eigenvalue weighted by atomic mass is 16.5. The van der Waals surface area contributed by atoms with Crippen LogP contribution in [0.15, 0.2) is 42.5 Å². The van der Waals surface area contributed by atoms with Crippen LogP contribution in [-0.4, -0.2) is 37.6 Å². The number of amides is 1. The van der Waals surface area contributed by atoms with E-state index in [4.69, 9.17) is 9.47 Å². The Morgan fingerprint density at radius 2 is 1.78 bits per heavy atom. The molecule has 0 bridgehead atoms. The van der Waals surface area contributed by atoms with Crippen molar-refractivity contribution in [1.82, 2.24) is 4.90 Å². The molecule has 4 rings (SSSR count). The molecule has 5 nitrogen and oxygen atoms in total. The second kappa shape index (κ2) is 7.61. The zero-order chi connectivity index (χ0) is 18.8. The Hall–Kier alpha value is -2.53. The van der Waals surface area contributed by atoms with E-state index >= 15 is 0 Å². The Balaban J connectivity index is 1.48. The summed E-state index contributed by atoms with van der Waals surface area (Å²) in [7, 11) is 3.21. The zero-order valence-corrected chi connectivity index (χ0v) is 15.9. The molecule has 2 aliphatic rings. The third-order valence-electron chi connectivity index (χ3n) is 5.48. The van der Waals surface area contributed by atoms with Gasteiger partial charge in [-0.15, -0.1) is 0 Å². The minimum absolute atomic E-state index is 0.00147. The average Bonchev–Trinajstić information content (AvgIpc) is 3.44. The summed E-state index contributed by atoms with van der Waals surface area (Å²) in [4.78, 5) is 15.2. The van der Waals surface area contributed by atoms with Crippen molar-refractivity contribution in [1.29, 1.82) is 0 Å². The third-order valence-corrected chi connectivity index (χ3v) is 5.48. The molecule has 0 heterocycles. The van der Waals surface area contributed by atoms with E-state index in [2.05, 4.69) is 34.5 Å². The van der Waals surface area contributed by atoms with Crippen LogP contribution in [0.2, 0.25) is 0 Å². The van der Waals surface area contributed by atoms with Gasteiger partial charge in [-0.1, -0.05) is 24.3 Å². The Kier molecular flexibility index (Phi) is 5.03. The fourth-order valence-electron chi connectivity index (χ4n) is 4.03. The Bertz CT molecular complexity index is 810. The van der Waals surface area contributed by atoms with Gasteiger partial charge in [-0.2, -0.15) is 0 Å². The molecule has 0 unspecified atom stereocenters. The fraction of sp³-hybridized carbons (Fsp3) is 0.409. The second-order valence-corrected chi connectivity index (χ2v) is 7.31. The first-order chi connectivity index (χ1) is 13.2. The quantitative estimate of drug-likeness (QED) is 0.810. The number of benzene rings is 2. The molecule has 27 heavy (non-hydrogen) atoms. The molecule has 5 heteroatoms. The maximum Gasteiger partial charge on any atom is 0.238 e. The molecule has 1 amide bonds. The van der Waals surface area contributed by atoms with E-state index in [1.807, 2.05) is 12.1 Å². The van der Waals surface area contributed by atoms with Crippen molar-refractivity contribution in [3.8, 4) is 11.5 Å². The Morgan fingerprint density at radius 1 is 1.07 bits per heavy atom. The van der Waals surface area contributed by atoms with Gasteiger partial charge in [0.05, 0.1) is 20.8 Å². The van der Waals surface area contributed by atoms with Gasteiger partial charge in [0.2, 0.25) is 5.91 Å². The van der Waals surface area contributed by atoms with Gasteiger partial charge in [-0.3, -0.25) is 9.69 Å². The lowest BCUT2D eigenvalue weighted by Gasteiger charge is -2.29. The third kappa shape index (κ3) is 3.93. The minimum atomic E-state index is 0.00147. The number of nitrogens with zero attached hydrogens (tertiary/aromatic N) is 1. The largest absolute Gasteiger partial charge is 0.497 e. The van der Waals surface area contributed by atoms with Crippen molar-refractivity contribution in [3.05, 3.63) is 53.6 Å². The van der Waals surface area contributed by atoms with Gasteiger partial charge < -0.3 is 14.8 Å². The van der Waals surface area contributed by atoms with E-state index in [1.165, 1.54) is 24.0 Å². The topological polar surface area (TPSA) is 50.8 Å². The molecular formula is C22H26N2O3. The highest BCUT2D eigenvalue weighted by molar-refractivity contribution is 5.92. The zero-order valence-electron chi connectivity index (χ0n) is 15.9. The highest BCUT2D eigenvalue weighted by Gasteiger charge is 2.38. The molecule has 1 saturated carbocycles. The van der Waals surface area contributed by atoms with Crippen LogP contribution in [0.4, 0.5) is 5.69 Å². The number of nitrogens with one attached hydrogen (secondary N) is 1. The van der Waals surface area contributed by atoms with Crippen LogP contribution in [0.1, 0.15) is 36.4 Å². The summed E-state index contributed by atoms with van der Waals surface area (Å²) in [5.41, 5.74) is 3.50. The Labute approximate surface area is 160 Å².